The van der Waals surface area contributed by atoms with Crippen LogP contribution in [0.25, 0.3) is 0 Å². The number of carbonyl (C=O) groups excluding carboxylic acids is 2. The van der Waals surface area contributed by atoms with Gasteiger partial charge in [-0.3, -0.25) is 9.59 Å². The zero-order valence-electron chi connectivity index (χ0n) is 9.94. The van der Waals surface area contributed by atoms with E-state index in [9.17, 15) is 9.59 Å². The van der Waals surface area contributed by atoms with Crippen LogP contribution >= 0.6 is 11.6 Å². The van der Waals surface area contributed by atoms with Crippen LogP contribution in [0.5, 0.6) is 0 Å². The summed E-state index contributed by atoms with van der Waals surface area (Å²) in [7, 11) is 0. The molecule has 1 aliphatic heterocycles. The van der Waals surface area contributed by atoms with E-state index in [1.807, 2.05) is 6.07 Å². The van der Waals surface area contributed by atoms with Crippen molar-refractivity contribution < 1.29 is 9.59 Å². The van der Waals surface area contributed by atoms with E-state index in [1.165, 1.54) is 0 Å². The second-order valence-electron chi connectivity index (χ2n) is 4.43. The second kappa shape index (κ2) is 4.52. The van der Waals surface area contributed by atoms with Crippen molar-refractivity contribution in [3.63, 3.8) is 0 Å². The van der Waals surface area contributed by atoms with E-state index >= 15 is 0 Å². The molecule has 0 aromatic heterocycles. The molecule has 1 N–H and O–H groups in total. The maximum atomic E-state index is 12.3. The molecule has 0 unspecified atom stereocenters. The molecular weight excluding hydrogens is 262 g/mol. The lowest BCUT2D eigenvalue weighted by Gasteiger charge is -2.04. The highest BCUT2D eigenvalue weighted by molar-refractivity contribution is 6.30. The molecule has 2 aromatic rings. The molecule has 3 nitrogen and oxygen atoms in total. The summed E-state index contributed by atoms with van der Waals surface area (Å²) in [5, 5.41) is 3.34. The van der Waals surface area contributed by atoms with Gasteiger partial charge in [-0.05, 0) is 35.9 Å². The third-order valence-corrected chi connectivity index (χ3v) is 3.36. The fourth-order valence-electron chi connectivity index (χ4n) is 2.12. The van der Waals surface area contributed by atoms with Crippen LogP contribution in [0.3, 0.4) is 0 Å². The van der Waals surface area contributed by atoms with Crippen LogP contribution < -0.4 is 5.32 Å². The van der Waals surface area contributed by atoms with Crippen molar-refractivity contribution >= 4 is 29.0 Å². The van der Waals surface area contributed by atoms with E-state index in [4.69, 9.17) is 11.6 Å². The van der Waals surface area contributed by atoms with Crippen LogP contribution in [0.4, 0.5) is 5.69 Å². The lowest BCUT2D eigenvalue weighted by atomic mass is 10.0. The van der Waals surface area contributed by atoms with Gasteiger partial charge in [-0.15, -0.1) is 0 Å². The molecule has 0 saturated heterocycles. The largest absolute Gasteiger partial charge is 0.326 e. The number of nitrogens with one attached hydrogen (secondary N) is 1. The predicted octanol–water partition coefficient (Wildman–Crippen LogP) is 3.07. The molecule has 94 valence electrons. The van der Waals surface area contributed by atoms with E-state index in [-0.39, 0.29) is 11.7 Å². The van der Waals surface area contributed by atoms with Gasteiger partial charge in [0, 0.05) is 21.8 Å². The van der Waals surface area contributed by atoms with Gasteiger partial charge in [-0.25, -0.2) is 0 Å². The molecule has 19 heavy (non-hydrogen) atoms. The molecule has 0 bridgehead atoms. The predicted molar refractivity (Wildman–Crippen MR) is 73.7 cm³/mol. The molecule has 0 fully saturated rings. The Morgan fingerprint density at radius 1 is 1.05 bits per heavy atom. The first-order chi connectivity index (χ1) is 9.13. The Labute approximate surface area is 115 Å². The smallest absolute Gasteiger partial charge is 0.228 e. The first-order valence-electron chi connectivity index (χ1n) is 5.86. The molecule has 0 atom stereocenters. The number of ketones is 1. The number of halogens is 1. The van der Waals surface area contributed by atoms with Crippen molar-refractivity contribution in [3.8, 4) is 0 Å². The molecule has 0 spiro atoms. The van der Waals surface area contributed by atoms with E-state index in [0.717, 1.165) is 11.3 Å². The van der Waals surface area contributed by atoms with E-state index in [2.05, 4.69) is 5.32 Å². The zero-order valence-corrected chi connectivity index (χ0v) is 10.7. The molecule has 4 heteroatoms. The average molecular weight is 272 g/mol. The number of hydrogen-bond acceptors (Lipinski definition) is 2. The summed E-state index contributed by atoms with van der Waals surface area (Å²) in [5.41, 5.74) is 2.79. The summed E-state index contributed by atoms with van der Waals surface area (Å²) in [5.74, 6) is -0.119. The van der Waals surface area contributed by atoms with Gasteiger partial charge in [0.1, 0.15) is 0 Å². The van der Waals surface area contributed by atoms with Gasteiger partial charge in [0.05, 0.1) is 6.42 Å². The van der Waals surface area contributed by atoms with Crippen molar-refractivity contribution in [1.29, 1.82) is 0 Å². The quantitative estimate of drug-likeness (QED) is 0.853. The van der Waals surface area contributed by atoms with Crippen LogP contribution in [0, 0.1) is 0 Å². The molecule has 1 heterocycles. The number of hydrogen-bond donors (Lipinski definition) is 1. The first kappa shape index (κ1) is 11.9. The fraction of sp³-hybridized carbons (Fsp3) is 0.0667. The third kappa shape index (κ3) is 2.25. The van der Waals surface area contributed by atoms with Gasteiger partial charge in [-0.2, -0.15) is 0 Å². The van der Waals surface area contributed by atoms with Gasteiger partial charge in [0.25, 0.3) is 0 Å². The van der Waals surface area contributed by atoms with Crippen molar-refractivity contribution in [2.45, 2.75) is 6.42 Å². The Bertz CT molecular complexity index is 677. The highest BCUT2D eigenvalue weighted by Gasteiger charge is 2.19. The maximum Gasteiger partial charge on any atom is 0.228 e. The highest BCUT2D eigenvalue weighted by atomic mass is 35.5. The summed E-state index contributed by atoms with van der Waals surface area (Å²) < 4.78 is 0. The van der Waals surface area contributed by atoms with E-state index in [0.29, 0.717) is 22.6 Å². The number of anilines is 1. The molecule has 1 aliphatic rings. The summed E-state index contributed by atoms with van der Waals surface area (Å²) >= 11 is 5.80. The molecule has 1 amide bonds. The summed E-state index contributed by atoms with van der Waals surface area (Å²) in [6, 6.07) is 12.0. The Morgan fingerprint density at radius 3 is 2.47 bits per heavy atom. The molecular formula is C15H10ClNO2. The van der Waals surface area contributed by atoms with Crippen molar-refractivity contribution in [2.24, 2.45) is 0 Å². The van der Waals surface area contributed by atoms with Crippen LogP contribution in [-0.2, 0) is 11.2 Å². The second-order valence-corrected chi connectivity index (χ2v) is 4.87. The minimum Gasteiger partial charge on any atom is -0.326 e. The molecule has 3 rings (SSSR count). The van der Waals surface area contributed by atoms with Crippen LogP contribution in [-0.4, -0.2) is 11.7 Å². The molecule has 0 radical (unpaired) electrons. The number of carbonyl (C=O) groups is 2. The topological polar surface area (TPSA) is 46.2 Å². The number of benzene rings is 2. The first-order valence-corrected chi connectivity index (χ1v) is 6.24. The third-order valence-electron chi connectivity index (χ3n) is 3.10. The number of fused-ring (bicyclic) bond motifs is 1. The van der Waals surface area contributed by atoms with Gasteiger partial charge in [0.15, 0.2) is 5.78 Å². The fourth-order valence-corrected chi connectivity index (χ4v) is 2.25. The Morgan fingerprint density at radius 2 is 1.74 bits per heavy atom. The van der Waals surface area contributed by atoms with Crippen LogP contribution in [0.15, 0.2) is 42.5 Å². The monoisotopic (exact) mass is 271 g/mol. The van der Waals surface area contributed by atoms with E-state index < -0.39 is 0 Å². The van der Waals surface area contributed by atoms with Crippen LogP contribution in [0.1, 0.15) is 21.5 Å². The van der Waals surface area contributed by atoms with Crippen molar-refractivity contribution in [3.05, 3.63) is 64.2 Å². The zero-order chi connectivity index (χ0) is 13.4. The lowest BCUT2D eigenvalue weighted by Crippen LogP contribution is -2.04. The summed E-state index contributed by atoms with van der Waals surface area (Å²) in [6.07, 6.45) is 0.380. The molecule has 0 saturated carbocycles. The normalized spacial score (nSPS) is 13.0. The minimum atomic E-state index is -0.0828. The SMILES string of the molecule is O=C1Cc2ccc(C(=O)c3ccc(Cl)cc3)cc2N1. The van der Waals surface area contributed by atoms with Crippen molar-refractivity contribution in [1.82, 2.24) is 0 Å². The Kier molecular flexibility index (Phi) is 2.84. The van der Waals surface area contributed by atoms with E-state index in [1.54, 1.807) is 36.4 Å². The van der Waals surface area contributed by atoms with Gasteiger partial charge in [-0.1, -0.05) is 23.7 Å². The van der Waals surface area contributed by atoms with Gasteiger partial charge in [0.2, 0.25) is 5.91 Å². The Hall–Kier alpha value is -2.13. The molecule has 0 aliphatic carbocycles. The van der Waals surface area contributed by atoms with Gasteiger partial charge < -0.3 is 5.32 Å². The minimum absolute atomic E-state index is 0.0360. The summed E-state index contributed by atoms with van der Waals surface area (Å²) in [6.45, 7) is 0. The van der Waals surface area contributed by atoms with Crippen LogP contribution in [0.2, 0.25) is 5.02 Å². The standard InChI is InChI=1S/C15H10ClNO2/c16-12-5-3-9(4-6-12)15(19)11-2-1-10-8-14(18)17-13(10)7-11/h1-7H,8H2,(H,17,18). The Balaban J connectivity index is 1.95. The lowest BCUT2D eigenvalue weighted by molar-refractivity contribution is -0.115. The highest BCUT2D eigenvalue weighted by Crippen LogP contribution is 2.25. The average Bonchev–Trinajstić information content (AvgIpc) is 2.77. The summed E-state index contributed by atoms with van der Waals surface area (Å²) in [4.78, 5) is 23.6. The maximum absolute atomic E-state index is 12.3. The van der Waals surface area contributed by atoms with Gasteiger partial charge >= 0.3 is 0 Å². The number of rotatable bonds is 2. The van der Waals surface area contributed by atoms with Crippen molar-refractivity contribution in [2.75, 3.05) is 5.32 Å². The number of amides is 1. The molecule has 2 aromatic carbocycles.